The lowest BCUT2D eigenvalue weighted by Crippen LogP contribution is -2.39. The second-order valence-electron chi connectivity index (χ2n) is 8.02. The van der Waals surface area contributed by atoms with Gasteiger partial charge in [-0.2, -0.15) is 0 Å². The summed E-state index contributed by atoms with van der Waals surface area (Å²) in [5.74, 6) is 1.68. The van der Waals surface area contributed by atoms with E-state index in [0.717, 1.165) is 63.4 Å². The molecule has 27 heavy (non-hydrogen) atoms. The van der Waals surface area contributed by atoms with E-state index in [1.807, 2.05) is 4.90 Å². The van der Waals surface area contributed by atoms with Gasteiger partial charge in [-0.05, 0) is 36.3 Å². The SMILES string of the molecule is CCc1ccc(CN2CCc3oc(C(=O)N4CCCC(C)C4)nc3C2)cc1. The topological polar surface area (TPSA) is 49.6 Å². The summed E-state index contributed by atoms with van der Waals surface area (Å²) in [6, 6.07) is 8.83. The van der Waals surface area contributed by atoms with E-state index < -0.39 is 0 Å². The number of likely N-dealkylation sites (tertiary alicyclic amines) is 1. The van der Waals surface area contributed by atoms with Crippen molar-refractivity contribution in [2.45, 2.75) is 52.6 Å². The predicted octanol–water partition coefficient (Wildman–Crippen LogP) is 3.67. The van der Waals surface area contributed by atoms with Gasteiger partial charge in [-0.3, -0.25) is 9.69 Å². The van der Waals surface area contributed by atoms with Crippen LogP contribution in [0.2, 0.25) is 0 Å². The molecule has 0 bridgehead atoms. The molecular weight excluding hydrogens is 338 g/mol. The molecule has 0 saturated carbocycles. The third-order valence-corrected chi connectivity index (χ3v) is 5.77. The largest absolute Gasteiger partial charge is 0.437 e. The van der Waals surface area contributed by atoms with Gasteiger partial charge in [0.15, 0.2) is 0 Å². The van der Waals surface area contributed by atoms with Crippen LogP contribution in [0.1, 0.15) is 60.0 Å². The van der Waals surface area contributed by atoms with Gasteiger partial charge in [0.05, 0.1) is 5.69 Å². The number of carbonyl (C=O) groups is 1. The summed E-state index contributed by atoms with van der Waals surface area (Å²) < 4.78 is 5.86. The maximum absolute atomic E-state index is 12.8. The Morgan fingerprint density at radius 2 is 2.00 bits per heavy atom. The highest BCUT2D eigenvalue weighted by Crippen LogP contribution is 2.24. The molecule has 0 N–H and O–H groups in total. The molecule has 4 rings (SSSR count). The van der Waals surface area contributed by atoms with Crippen LogP contribution in [0.3, 0.4) is 0 Å². The van der Waals surface area contributed by atoms with Crippen LogP contribution in [0.25, 0.3) is 0 Å². The average molecular weight is 367 g/mol. The molecule has 144 valence electrons. The van der Waals surface area contributed by atoms with Gasteiger partial charge in [-0.25, -0.2) is 4.98 Å². The first-order chi connectivity index (χ1) is 13.1. The average Bonchev–Trinajstić information content (AvgIpc) is 3.11. The summed E-state index contributed by atoms with van der Waals surface area (Å²) in [5, 5.41) is 0. The molecule has 1 unspecified atom stereocenters. The van der Waals surface area contributed by atoms with Crippen LogP contribution < -0.4 is 0 Å². The Labute approximate surface area is 161 Å². The molecule has 2 aliphatic rings. The van der Waals surface area contributed by atoms with Gasteiger partial charge >= 0.3 is 5.91 Å². The van der Waals surface area contributed by atoms with E-state index in [1.54, 1.807) is 0 Å². The van der Waals surface area contributed by atoms with Crippen molar-refractivity contribution in [1.29, 1.82) is 0 Å². The van der Waals surface area contributed by atoms with Crippen LogP contribution in [-0.4, -0.2) is 40.3 Å². The predicted molar refractivity (Wildman–Crippen MR) is 104 cm³/mol. The first-order valence-corrected chi connectivity index (χ1v) is 10.2. The summed E-state index contributed by atoms with van der Waals surface area (Å²) in [7, 11) is 0. The lowest BCUT2D eigenvalue weighted by atomic mass is 10.0. The van der Waals surface area contributed by atoms with Crippen molar-refractivity contribution >= 4 is 5.91 Å². The van der Waals surface area contributed by atoms with Crippen LogP contribution in [0.4, 0.5) is 0 Å². The van der Waals surface area contributed by atoms with Crippen LogP contribution in [0.15, 0.2) is 28.7 Å². The Kier molecular flexibility index (Phi) is 5.30. The molecule has 3 heterocycles. The number of oxazole rings is 1. The van der Waals surface area contributed by atoms with Gasteiger partial charge in [0, 0.05) is 39.1 Å². The maximum Gasteiger partial charge on any atom is 0.309 e. The van der Waals surface area contributed by atoms with Crippen molar-refractivity contribution in [3.8, 4) is 0 Å². The number of nitrogens with zero attached hydrogens (tertiary/aromatic N) is 3. The third-order valence-electron chi connectivity index (χ3n) is 5.77. The van der Waals surface area contributed by atoms with Gasteiger partial charge in [0.2, 0.25) is 0 Å². The fraction of sp³-hybridized carbons (Fsp3) is 0.545. The summed E-state index contributed by atoms with van der Waals surface area (Å²) in [6.45, 7) is 8.59. The lowest BCUT2D eigenvalue weighted by molar-refractivity contribution is 0.0640. The number of benzene rings is 1. The number of hydrogen-bond donors (Lipinski definition) is 0. The van der Waals surface area contributed by atoms with E-state index in [9.17, 15) is 4.79 Å². The first kappa shape index (κ1) is 18.2. The van der Waals surface area contributed by atoms with Crippen molar-refractivity contribution < 1.29 is 9.21 Å². The summed E-state index contributed by atoms with van der Waals surface area (Å²) in [5.41, 5.74) is 3.61. The van der Waals surface area contributed by atoms with E-state index in [1.165, 1.54) is 17.5 Å². The minimum absolute atomic E-state index is 0.0438. The number of carbonyl (C=O) groups excluding carboxylic acids is 1. The van der Waals surface area contributed by atoms with Crippen LogP contribution in [-0.2, 0) is 25.9 Å². The molecule has 1 amide bonds. The zero-order valence-corrected chi connectivity index (χ0v) is 16.4. The number of aromatic nitrogens is 1. The molecule has 0 aliphatic carbocycles. The number of aryl methyl sites for hydroxylation is 1. The Hall–Kier alpha value is -2.14. The van der Waals surface area contributed by atoms with Crippen LogP contribution in [0.5, 0.6) is 0 Å². The Bertz CT molecular complexity index is 796. The molecule has 5 heteroatoms. The zero-order chi connectivity index (χ0) is 18.8. The minimum Gasteiger partial charge on any atom is -0.437 e. The second kappa shape index (κ2) is 7.85. The fourth-order valence-corrected chi connectivity index (χ4v) is 4.13. The molecule has 1 saturated heterocycles. The Morgan fingerprint density at radius 3 is 2.74 bits per heavy atom. The summed E-state index contributed by atoms with van der Waals surface area (Å²) in [4.78, 5) is 21.6. The molecular formula is C22H29N3O2. The smallest absolute Gasteiger partial charge is 0.309 e. The lowest BCUT2D eigenvalue weighted by Gasteiger charge is -2.29. The molecule has 1 atom stereocenters. The molecule has 1 fully saturated rings. The van der Waals surface area contributed by atoms with Gasteiger partial charge in [0.1, 0.15) is 5.76 Å². The minimum atomic E-state index is -0.0438. The molecule has 0 spiro atoms. The van der Waals surface area contributed by atoms with Crippen LogP contribution >= 0.6 is 0 Å². The van der Waals surface area contributed by atoms with Crippen molar-refractivity contribution in [2.24, 2.45) is 5.92 Å². The van der Waals surface area contributed by atoms with Crippen LogP contribution in [0, 0.1) is 5.92 Å². The number of hydrogen-bond acceptors (Lipinski definition) is 4. The summed E-state index contributed by atoms with van der Waals surface area (Å²) in [6.07, 6.45) is 4.15. The molecule has 5 nitrogen and oxygen atoms in total. The molecule has 0 radical (unpaired) electrons. The molecule has 1 aromatic heterocycles. The Morgan fingerprint density at radius 1 is 1.22 bits per heavy atom. The van der Waals surface area contributed by atoms with E-state index in [2.05, 4.69) is 48.0 Å². The standard InChI is InChI=1S/C22H29N3O2/c1-3-17-6-8-18(9-7-17)14-24-12-10-20-19(15-24)23-21(27-20)22(26)25-11-4-5-16(2)13-25/h6-9,16H,3-5,10-15H2,1-2H3. The maximum atomic E-state index is 12.8. The third kappa shape index (κ3) is 4.08. The van der Waals surface area contributed by atoms with E-state index in [0.29, 0.717) is 5.92 Å². The van der Waals surface area contributed by atoms with Gasteiger partial charge in [0.25, 0.3) is 5.89 Å². The number of amides is 1. The van der Waals surface area contributed by atoms with Crippen molar-refractivity contribution in [2.75, 3.05) is 19.6 Å². The molecule has 1 aromatic carbocycles. The van der Waals surface area contributed by atoms with E-state index in [-0.39, 0.29) is 11.8 Å². The monoisotopic (exact) mass is 367 g/mol. The molecule has 2 aliphatic heterocycles. The van der Waals surface area contributed by atoms with Crippen molar-refractivity contribution in [3.63, 3.8) is 0 Å². The van der Waals surface area contributed by atoms with E-state index in [4.69, 9.17) is 4.42 Å². The fourth-order valence-electron chi connectivity index (χ4n) is 4.13. The zero-order valence-electron chi connectivity index (χ0n) is 16.4. The first-order valence-electron chi connectivity index (χ1n) is 10.2. The van der Waals surface area contributed by atoms with E-state index >= 15 is 0 Å². The van der Waals surface area contributed by atoms with Gasteiger partial charge < -0.3 is 9.32 Å². The Balaban J connectivity index is 1.41. The molecule has 2 aromatic rings. The number of fused-ring (bicyclic) bond motifs is 1. The van der Waals surface area contributed by atoms with Gasteiger partial charge in [-0.15, -0.1) is 0 Å². The number of rotatable bonds is 4. The highest BCUT2D eigenvalue weighted by molar-refractivity contribution is 5.89. The van der Waals surface area contributed by atoms with Gasteiger partial charge in [-0.1, -0.05) is 38.1 Å². The van der Waals surface area contributed by atoms with Crippen molar-refractivity contribution in [3.05, 3.63) is 52.7 Å². The number of piperidine rings is 1. The highest BCUT2D eigenvalue weighted by atomic mass is 16.4. The highest BCUT2D eigenvalue weighted by Gasteiger charge is 2.29. The summed E-state index contributed by atoms with van der Waals surface area (Å²) >= 11 is 0. The second-order valence-corrected chi connectivity index (χ2v) is 8.02. The normalized spacial score (nSPS) is 20.5. The quantitative estimate of drug-likeness (QED) is 0.827. The van der Waals surface area contributed by atoms with Crippen molar-refractivity contribution in [1.82, 2.24) is 14.8 Å².